The maximum Gasteiger partial charge on any atom is 0.463 e. The van der Waals surface area contributed by atoms with Crippen molar-refractivity contribution in [1.82, 2.24) is 5.32 Å². The minimum atomic E-state index is -0.484. The van der Waals surface area contributed by atoms with Gasteiger partial charge in [-0.1, -0.05) is 6.42 Å². The predicted octanol–water partition coefficient (Wildman–Crippen LogP) is 3.53. The highest BCUT2D eigenvalue weighted by Gasteiger charge is 2.55. The molecule has 1 amide bonds. The molecule has 22 heavy (non-hydrogen) atoms. The van der Waals surface area contributed by atoms with Crippen molar-refractivity contribution in [3.8, 4) is 0 Å². The molecule has 1 saturated heterocycles. The Bertz CT molecular complexity index is 414. The van der Waals surface area contributed by atoms with Crippen LogP contribution in [0, 0.1) is 0 Å². The molecule has 1 saturated carbocycles. The normalized spacial score (nSPS) is 30.4. The molecule has 1 N–H and O–H groups in total. The van der Waals surface area contributed by atoms with E-state index in [9.17, 15) is 4.79 Å². The van der Waals surface area contributed by atoms with Crippen molar-refractivity contribution < 1.29 is 18.8 Å². The molecular weight excluding hydrogens is 281 g/mol. The van der Waals surface area contributed by atoms with E-state index in [2.05, 4.69) is 33.0 Å². The monoisotopic (exact) mass is 311 g/mol. The van der Waals surface area contributed by atoms with Crippen molar-refractivity contribution in [3.05, 3.63) is 0 Å². The number of hydrogen-bond donors (Lipinski definition) is 1. The average Bonchev–Trinajstić information content (AvgIpc) is 2.79. The smallest absolute Gasteiger partial charge is 0.444 e. The van der Waals surface area contributed by atoms with Crippen LogP contribution in [-0.4, -0.2) is 36.1 Å². The topological polar surface area (TPSA) is 56.8 Å². The van der Waals surface area contributed by atoms with Gasteiger partial charge in [0.1, 0.15) is 5.60 Å². The number of carbonyl (C=O) groups excluding carboxylic acids is 1. The first-order valence-electron chi connectivity index (χ1n) is 8.26. The third-order valence-corrected chi connectivity index (χ3v) is 4.89. The molecule has 126 valence electrons. The molecule has 6 heteroatoms. The van der Waals surface area contributed by atoms with E-state index in [4.69, 9.17) is 14.0 Å². The van der Waals surface area contributed by atoms with Gasteiger partial charge in [0.15, 0.2) is 0 Å². The molecule has 2 unspecified atom stereocenters. The van der Waals surface area contributed by atoms with Crippen LogP contribution in [0.1, 0.15) is 67.7 Å². The number of ether oxygens (including phenoxy) is 1. The number of amides is 1. The fourth-order valence-corrected chi connectivity index (χ4v) is 3.02. The summed E-state index contributed by atoms with van der Waals surface area (Å²) in [6, 6.07) is 0.0459. The first-order chi connectivity index (χ1) is 9.91. The summed E-state index contributed by atoms with van der Waals surface area (Å²) in [5.41, 5.74) is -1.16. The van der Waals surface area contributed by atoms with Crippen molar-refractivity contribution in [2.24, 2.45) is 0 Å². The molecule has 0 aromatic rings. The van der Waals surface area contributed by atoms with Crippen molar-refractivity contribution in [2.45, 2.75) is 96.4 Å². The first kappa shape index (κ1) is 17.6. The van der Waals surface area contributed by atoms with Gasteiger partial charge in [-0.25, -0.2) is 4.79 Å². The zero-order valence-electron chi connectivity index (χ0n) is 15.0. The summed E-state index contributed by atoms with van der Waals surface area (Å²) in [5, 5.41) is 3.00. The molecule has 0 aromatic heterocycles. The van der Waals surface area contributed by atoms with Crippen LogP contribution in [0.25, 0.3) is 0 Å². The lowest BCUT2D eigenvalue weighted by Gasteiger charge is -2.32. The molecule has 2 aliphatic rings. The molecule has 0 bridgehead atoms. The van der Waals surface area contributed by atoms with Gasteiger partial charge in [0.25, 0.3) is 0 Å². The third kappa shape index (κ3) is 3.77. The second-order valence-corrected chi connectivity index (χ2v) is 8.47. The molecule has 1 aliphatic carbocycles. The fraction of sp³-hybridized carbons (Fsp3) is 0.938. The summed E-state index contributed by atoms with van der Waals surface area (Å²) in [6.07, 6.45) is 2.64. The Hall–Kier alpha value is -0.745. The van der Waals surface area contributed by atoms with Gasteiger partial charge in [-0.3, -0.25) is 0 Å². The SMILES string of the molecule is CC(C)(C)OC(=O)NC1CCCC1B1OC(C)(C)C(C)(C)O1. The van der Waals surface area contributed by atoms with Crippen molar-refractivity contribution in [1.29, 1.82) is 0 Å². The molecule has 2 atom stereocenters. The molecule has 1 aliphatic heterocycles. The number of nitrogens with one attached hydrogen (secondary N) is 1. The van der Waals surface area contributed by atoms with Crippen molar-refractivity contribution >= 4 is 13.2 Å². The van der Waals surface area contributed by atoms with E-state index >= 15 is 0 Å². The molecule has 2 rings (SSSR count). The Morgan fingerprint density at radius 2 is 1.68 bits per heavy atom. The highest BCUT2D eigenvalue weighted by atomic mass is 16.7. The largest absolute Gasteiger partial charge is 0.463 e. The Morgan fingerprint density at radius 3 is 2.18 bits per heavy atom. The second kappa shape index (κ2) is 5.71. The van der Waals surface area contributed by atoms with Crippen LogP contribution < -0.4 is 5.32 Å². The maximum atomic E-state index is 12.0. The average molecular weight is 311 g/mol. The summed E-state index contributed by atoms with van der Waals surface area (Å²) >= 11 is 0. The Kier molecular flexibility index (Phi) is 4.57. The van der Waals surface area contributed by atoms with E-state index in [1.54, 1.807) is 0 Å². The zero-order valence-corrected chi connectivity index (χ0v) is 15.0. The predicted molar refractivity (Wildman–Crippen MR) is 86.8 cm³/mol. The van der Waals surface area contributed by atoms with Crippen LogP contribution in [0.3, 0.4) is 0 Å². The van der Waals surface area contributed by atoms with Gasteiger partial charge >= 0.3 is 13.2 Å². The molecule has 1 heterocycles. The van der Waals surface area contributed by atoms with E-state index in [1.165, 1.54) is 0 Å². The second-order valence-electron chi connectivity index (χ2n) is 8.47. The van der Waals surface area contributed by atoms with Crippen LogP contribution >= 0.6 is 0 Å². The minimum Gasteiger partial charge on any atom is -0.444 e. The summed E-state index contributed by atoms with van der Waals surface area (Å²) in [4.78, 5) is 12.0. The lowest BCUT2D eigenvalue weighted by molar-refractivity contribution is 0.00578. The van der Waals surface area contributed by atoms with Gasteiger partial charge in [-0.05, 0) is 61.3 Å². The molecule has 0 aromatic carbocycles. The van der Waals surface area contributed by atoms with Crippen LogP contribution in [-0.2, 0) is 14.0 Å². The van der Waals surface area contributed by atoms with Gasteiger partial charge in [0, 0.05) is 11.9 Å². The Labute approximate surface area is 134 Å². The standard InChI is InChI=1S/C16H30BNO4/c1-14(2,3)20-13(19)18-12-10-8-9-11(12)17-21-15(4,5)16(6,7)22-17/h11-12H,8-10H2,1-7H3,(H,18,19). The number of carbonyl (C=O) groups is 1. The third-order valence-electron chi connectivity index (χ3n) is 4.89. The van der Waals surface area contributed by atoms with Crippen LogP contribution in [0.15, 0.2) is 0 Å². The van der Waals surface area contributed by atoms with E-state index < -0.39 is 5.60 Å². The number of rotatable bonds is 2. The molecule has 0 spiro atoms. The summed E-state index contributed by atoms with van der Waals surface area (Å²) in [5.74, 6) is 0.175. The molecule has 2 fully saturated rings. The van der Waals surface area contributed by atoms with E-state index in [-0.39, 0.29) is 36.3 Å². The van der Waals surface area contributed by atoms with E-state index in [0.717, 1.165) is 19.3 Å². The Morgan fingerprint density at radius 1 is 1.14 bits per heavy atom. The summed E-state index contributed by atoms with van der Waals surface area (Å²) < 4.78 is 17.7. The van der Waals surface area contributed by atoms with Gasteiger partial charge in [0.05, 0.1) is 11.2 Å². The van der Waals surface area contributed by atoms with Crippen LogP contribution in [0.2, 0.25) is 5.82 Å². The zero-order chi connectivity index (χ0) is 16.8. The highest BCUT2D eigenvalue weighted by molar-refractivity contribution is 6.47. The maximum absolute atomic E-state index is 12.0. The first-order valence-corrected chi connectivity index (χ1v) is 8.26. The van der Waals surface area contributed by atoms with Gasteiger partial charge < -0.3 is 19.4 Å². The minimum absolute atomic E-state index is 0.0459. The quantitative estimate of drug-likeness (QED) is 0.793. The lowest BCUT2D eigenvalue weighted by Crippen LogP contribution is -2.43. The number of hydrogen-bond acceptors (Lipinski definition) is 4. The molecule has 0 radical (unpaired) electrons. The lowest BCUT2D eigenvalue weighted by atomic mass is 9.68. The van der Waals surface area contributed by atoms with Gasteiger partial charge in [-0.2, -0.15) is 0 Å². The van der Waals surface area contributed by atoms with E-state index in [1.807, 2.05) is 20.8 Å². The number of alkyl carbamates (subject to hydrolysis) is 1. The summed E-state index contributed by atoms with van der Waals surface area (Å²) in [7, 11) is -0.271. The van der Waals surface area contributed by atoms with Gasteiger partial charge in [-0.15, -0.1) is 0 Å². The fourth-order valence-electron chi connectivity index (χ4n) is 3.02. The molecular formula is C16H30BNO4. The van der Waals surface area contributed by atoms with Crippen LogP contribution in [0.5, 0.6) is 0 Å². The highest BCUT2D eigenvalue weighted by Crippen LogP contribution is 2.44. The van der Waals surface area contributed by atoms with Crippen LogP contribution in [0.4, 0.5) is 4.79 Å². The molecule has 5 nitrogen and oxygen atoms in total. The van der Waals surface area contributed by atoms with Crippen molar-refractivity contribution in [3.63, 3.8) is 0 Å². The van der Waals surface area contributed by atoms with Gasteiger partial charge in [0.2, 0.25) is 0 Å². The van der Waals surface area contributed by atoms with E-state index in [0.29, 0.717) is 0 Å². The summed E-state index contributed by atoms with van der Waals surface area (Å²) in [6.45, 7) is 13.8. The van der Waals surface area contributed by atoms with Crippen molar-refractivity contribution in [2.75, 3.05) is 0 Å². The Balaban J connectivity index is 1.99.